The molecule has 0 radical (unpaired) electrons. The van der Waals surface area contributed by atoms with Crippen LogP contribution in [0.25, 0.3) is 0 Å². The summed E-state index contributed by atoms with van der Waals surface area (Å²) in [4.78, 5) is 27.1. The molecule has 5 nitrogen and oxygen atoms in total. The molecule has 0 bridgehead atoms. The third kappa shape index (κ3) is 3.31. The van der Waals surface area contributed by atoms with Crippen molar-refractivity contribution >= 4 is 12.0 Å². The predicted molar refractivity (Wildman–Crippen MR) is 111 cm³/mol. The van der Waals surface area contributed by atoms with Crippen LogP contribution in [0.1, 0.15) is 31.9 Å². The summed E-state index contributed by atoms with van der Waals surface area (Å²) in [5.41, 5.74) is -2.72. The molecule has 1 saturated heterocycles. The van der Waals surface area contributed by atoms with Crippen LogP contribution in [0.2, 0.25) is 0 Å². The first-order valence-corrected chi connectivity index (χ1v) is 9.85. The first-order chi connectivity index (χ1) is 14.2. The molecular formula is C24H26FNO4. The Bertz CT molecular complexity index is 887. The molecule has 1 aliphatic heterocycles. The van der Waals surface area contributed by atoms with E-state index in [2.05, 4.69) is 6.58 Å². The molecule has 0 aromatic heterocycles. The standard InChI is InChI=1S/C24H26FNO4/c1-5-19(27)23(4,25)21(28)26-20(16(2)3)24(30-22(26)29,17-12-8-6-9-13-17)18-14-10-7-11-15-18/h5-16,19-20,27H,1H2,2-4H3/t19?,20-,23?/m0/s1. The number of carbonyl (C=O) groups excluding carboxylic acids is 2. The third-order valence-electron chi connectivity index (χ3n) is 5.59. The van der Waals surface area contributed by atoms with Gasteiger partial charge in [0.2, 0.25) is 5.67 Å². The number of aliphatic hydroxyl groups is 1. The van der Waals surface area contributed by atoms with Crippen LogP contribution in [0.3, 0.4) is 0 Å². The smallest absolute Gasteiger partial charge is 0.418 e. The molecule has 2 aromatic rings. The van der Waals surface area contributed by atoms with Crippen molar-refractivity contribution in [1.29, 1.82) is 0 Å². The molecule has 1 N–H and O–H groups in total. The highest BCUT2D eigenvalue weighted by atomic mass is 19.1. The third-order valence-corrected chi connectivity index (χ3v) is 5.59. The van der Waals surface area contributed by atoms with Crippen LogP contribution in [0.4, 0.5) is 9.18 Å². The van der Waals surface area contributed by atoms with Gasteiger partial charge in [-0.2, -0.15) is 0 Å². The average Bonchev–Trinajstić information content (AvgIpc) is 3.07. The fourth-order valence-electron chi connectivity index (χ4n) is 4.10. The molecule has 1 heterocycles. The van der Waals surface area contributed by atoms with Gasteiger partial charge >= 0.3 is 6.09 Å². The molecule has 3 atom stereocenters. The van der Waals surface area contributed by atoms with E-state index in [1.165, 1.54) is 0 Å². The van der Waals surface area contributed by atoms with Crippen LogP contribution in [0.15, 0.2) is 73.3 Å². The van der Waals surface area contributed by atoms with Gasteiger partial charge in [0.15, 0.2) is 5.60 Å². The molecule has 2 aromatic carbocycles. The summed E-state index contributed by atoms with van der Waals surface area (Å²) in [5.74, 6) is -1.44. The molecule has 2 unspecified atom stereocenters. The lowest BCUT2D eigenvalue weighted by atomic mass is 9.75. The Hall–Kier alpha value is -2.99. The number of nitrogens with zero attached hydrogens (tertiary/aromatic N) is 1. The molecule has 30 heavy (non-hydrogen) atoms. The Morgan fingerprint density at radius 3 is 2.03 bits per heavy atom. The van der Waals surface area contributed by atoms with Crippen LogP contribution in [-0.4, -0.2) is 39.8 Å². The zero-order valence-electron chi connectivity index (χ0n) is 17.3. The summed E-state index contributed by atoms with van der Waals surface area (Å²) in [5, 5.41) is 10.00. The van der Waals surface area contributed by atoms with Crippen molar-refractivity contribution in [3.05, 3.63) is 84.4 Å². The zero-order valence-corrected chi connectivity index (χ0v) is 17.3. The largest absolute Gasteiger partial charge is 0.430 e. The minimum atomic E-state index is -2.74. The Morgan fingerprint density at radius 2 is 1.63 bits per heavy atom. The van der Waals surface area contributed by atoms with Gasteiger partial charge in [0.05, 0.1) is 6.04 Å². The van der Waals surface area contributed by atoms with Gasteiger partial charge in [-0.05, 0) is 12.8 Å². The molecule has 3 rings (SSSR count). The van der Waals surface area contributed by atoms with Crippen molar-refractivity contribution < 1.29 is 23.8 Å². The molecule has 2 amide bonds. The van der Waals surface area contributed by atoms with E-state index in [9.17, 15) is 14.7 Å². The van der Waals surface area contributed by atoms with Crippen LogP contribution in [0, 0.1) is 5.92 Å². The average molecular weight is 411 g/mol. The number of rotatable bonds is 6. The Labute approximate surface area is 175 Å². The zero-order chi connectivity index (χ0) is 22.1. The summed E-state index contributed by atoms with van der Waals surface area (Å²) in [7, 11) is 0. The number of alkyl halides is 1. The minimum absolute atomic E-state index is 0.280. The molecule has 1 fully saturated rings. The first-order valence-electron chi connectivity index (χ1n) is 9.85. The number of hydrogen-bond acceptors (Lipinski definition) is 4. The Kier molecular flexibility index (Phi) is 5.81. The van der Waals surface area contributed by atoms with Crippen molar-refractivity contribution in [2.24, 2.45) is 5.92 Å². The van der Waals surface area contributed by atoms with Crippen molar-refractivity contribution in [2.45, 2.75) is 44.2 Å². The number of ether oxygens (including phenoxy) is 1. The molecule has 1 aliphatic rings. The first kappa shape index (κ1) is 21.7. The summed E-state index contributed by atoms with van der Waals surface area (Å²) in [6.45, 7) is 7.98. The van der Waals surface area contributed by atoms with Gasteiger partial charge in [0, 0.05) is 11.1 Å². The van der Waals surface area contributed by atoms with E-state index < -0.39 is 35.4 Å². The van der Waals surface area contributed by atoms with Crippen molar-refractivity contribution in [3.8, 4) is 0 Å². The predicted octanol–water partition coefficient (Wildman–Crippen LogP) is 4.21. The van der Waals surface area contributed by atoms with Crippen LogP contribution >= 0.6 is 0 Å². The lowest BCUT2D eigenvalue weighted by Gasteiger charge is -2.38. The second-order valence-electron chi connectivity index (χ2n) is 7.96. The fraction of sp³-hybridized carbons (Fsp3) is 0.333. The van der Waals surface area contributed by atoms with Gasteiger partial charge in [-0.1, -0.05) is 80.6 Å². The van der Waals surface area contributed by atoms with E-state index in [0.717, 1.165) is 17.9 Å². The Balaban J connectivity index is 2.24. The summed E-state index contributed by atoms with van der Waals surface area (Å²) in [6.07, 6.45) is -1.79. The highest BCUT2D eigenvalue weighted by molar-refractivity contribution is 5.99. The van der Waals surface area contributed by atoms with Crippen molar-refractivity contribution in [1.82, 2.24) is 4.90 Å². The maximum absolute atomic E-state index is 15.3. The van der Waals surface area contributed by atoms with E-state index in [1.807, 2.05) is 74.5 Å². The molecular weight excluding hydrogens is 385 g/mol. The topological polar surface area (TPSA) is 66.8 Å². The summed E-state index contributed by atoms with van der Waals surface area (Å²) in [6, 6.07) is 17.4. The number of halogens is 1. The van der Waals surface area contributed by atoms with Gasteiger partial charge in [-0.25, -0.2) is 14.1 Å². The minimum Gasteiger partial charge on any atom is -0.430 e. The number of carbonyl (C=O) groups is 2. The molecule has 0 spiro atoms. The van der Waals surface area contributed by atoms with Gasteiger partial charge in [0.25, 0.3) is 5.91 Å². The number of aliphatic hydroxyl groups excluding tert-OH is 1. The second kappa shape index (κ2) is 8.03. The van der Waals surface area contributed by atoms with E-state index in [4.69, 9.17) is 4.74 Å². The highest BCUT2D eigenvalue weighted by Gasteiger charge is 2.62. The van der Waals surface area contributed by atoms with Gasteiger partial charge < -0.3 is 9.84 Å². The van der Waals surface area contributed by atoms with Crippen LogP contribution < -0.4 is 0 Å². The van der Waals surface area contributed by atoms with Gasteiger partial charge in [0.1, 0.15) is 6.10 Å². The maximum Gasteiger partial charge on any atom is 0.418 e. The lowest BCUT2D eigenvalue weighted by Crippen LogP contribution is -2.57. The van der Waals surface area contributed by atoms with E-state index in [0.29, 0.717) is 11.1 Å². The number of hydrogen-bond donors (Lipinski definition) is 1. The summed E-state index contributed by atoms with van der Waals surface area (Å²) >= 11 is 0. The summed E-state index contributed by atoms with van der Waals surface area (Å²) < 4.78 is 21.2. The second-order valence-corrected chi connectivity index (χ2v) is 7.96. The molecule has 0 aliphatic carbocycles. The highest BCUT2D eigenvalue weighted by Crippen LogP contribution is 2.48. The quantitative estimate of drug-likeness (QED) is 0.723. The number of imide groups is 1. The molecule has 0 saturated carbocycles. The van der Waals surface area contributed by atoms with Crippen LogP contribution in [-0.2, 0) is 15.1 Å². The van der Waals surface area contributed by atoms with Crippen molar-refractivity contribution in [2.75, 3.05) is 0 Å². The number of amides is 2. The normalized spacial score (nSPS) is 21.1. The van der Waals surface area contributed by atoms with E-state index >= 15 is 4.39 Å². The number of benzene rings is 2. The molecule has 6 heteroatoms. The van der Waals surface area contributed by atoms with Gasteiger partial charge in [-0.3, -0.25) is 4.79 Å². The van der Waals surface area contributed by atoms with Crippen LogP contribution in [0.5, 0.6) is 0 Å². The fourth-order valence-corrected chi connectivity index (χ4v) is 4.10. The number of cyclic esters (lactones) is 1. The maximum atomic E-state index is 15.3. The van der Waals surface area contributed by atoms with E-state index in [1.54, 1.807) is 0 Å². The SMILES string of the molecule is C=CC(O)C(C)(F)C(=O)N1C(=O)OC(c2ccccc2)(c2ccccc2)[C@@H]1C(C)C. The van der Waals surface area contributed by atoms with Crippen molar-refractivity contribution in [3.63, 3.8) is 0 Å². The Morgan fingerprint density at radius 1 is 1.17 bits per heavy atom. The van der Waals surface area contributed by atoms with Gasteiger partial charge in [-0.15, -0.1) is 6.58 Å². The lowest BCUT2D eigenvalue weighted by molar-refractivity contribution is -0.147. The molecule has 158 valence electrons. The van der Waals surface area contributed by atoms with E-state index in [-0.39, 0.29) is 5.92 Å². The monoisotopic (exact) mass is 411 g/mol.